The van der Waals surface area contributed by atoms with Crippen LogP contribution in [0.4, 0.5) is 0 Å². The van der Waals surface area contributed by atoms with Gasteiger partial charge in [0.05, 0.1) is 0 Å². The lowest BCUT2D eigenvalue weighted by Gasteiger charge is -2.27. The van der Waals surface area contributed by atoms with E-state index in [4.69, 9.17) is 0 Å². The number of aliphatic hydroxyl groups excluding tert-OH is 2. The minimum atomic E-state index is -0.558. The van der Waals surface area contributed by atoms with Crippen molar-refractivity contribution in [3.63, 3.8) is 0 Å². The van der Waals surface area contributed by atoms with Crippen molar-refractivity contribution in [1.29, 1.82) is 0 Å². The zero-order valence-electron chi connectivity index (χ0n) is 16.5. The Bertz CT molecular complexity index is 230. The highest BCUT2D eigenvalue weighted by Crippen LogP contribution is 2.13. The van der Waals surface area contributed by atoms with Gasteiger partial charge in [-0.1, -0.05) is 90.4 Å². The molecule has 0 aliphatic heterocycles. The van der Waals surface area contributed by atoms with E-state index in [9.17, 15) is 10.2 Å². The van der Waals surface area contributed by atoms with Crippen LogP contribution in [0.15, 0.2) is 0 Å². The number of rotatable bonds is 17. The monoisotopic (exact) mass is 409 g/mol. The molecule has 0 fully saturated rings. The van der Waals surface area contributed by atoms with Crippen molar-refractivity contribution >= 4 is 17.0 Å². The van der Waals surface area contributed by atoms with Gasteiger partial charge in [-0.2, -0.15) is 0 Å². The van der Waals surface area contributed by atoms with Gasteiger partial charge < -0.3 is 10.2 Å². The molecule has 0 aliphatic carbocycles. The molecule has 0 aromatic heterocycles. The lowest BCUT2D eigenvalue weighted by molar-refractivity contribution is -0.0844. The lowest BCUT2D eigenvalue weighted by atomic mass is 10.0. The van der Waals surface area contributed by atoms with E-state index in [1.165, 1.54) is 83.5 Å². The lowest BCUT2D eigenvalue weighted by Crippen LogP contribution is -2.40. The van der Waals surface area contributed by atoms with Crippen LogP contribution in [0.3, 0.4) is 0 Å². The molecule has 0 saturated carbocycles. The number of hydrogen-bond donors (Lipinski definition) is 2. The predicted octanol–water partition coefficient (Wildman–Crippen LogP) is 6.02. The molecule has 4 heteroatoms. The predicted molar refractivity (Wildman–Crippen MR) is 111 cm³/mol. The van der Waals surface area contributed by atoms with Gasteiger partial charge in [0, 0.05) is 6.54 Å². The highest BCUT2D eigenvalue weighted by atomic mass is 79.9. The number of aliphatic hydroxyl groups is 2. The van der Waals surface area contributed by atoms with Gasteiger partial charge in [-0.05, 0) is 20.3 Å². The van der Waals surface area contributed by atoms with Crippen molar-refractivity contribution in [2.45, 2.75) is 123 Å². The first kappa shape index (κ1) is 26.6. The average Bonchev–Trinajstić information content (AvgIpc) is 2.50. The Labute approximate surface area is 162 Å². The summed E-state index contributed by atoms with van der Waals surface area (Å²) in [6, 6.07) is 0. The summed E-state index contributed by atoms with van der Waals surface area (Å²) in [6.07, 6.45) is 17.8. The fraction of sp³-hybridized carbons (Fsp3) is 1.00. The summed E-state index contributed by atoms with van der Waals surface area (Å²) < 4.78 is 0. The van der Waals surface area contributed by atoms with E-state index < -0.39 is 12.5 Å². The van der Waals surface area contributed by atoms with Crippen molar-refractivity contribution in [2.75, 3.05) is 6.54 Å². The summed E-state index contributed by atoms with van der Waals surface area (Å²) in [6.45, 7) is 6.50. The van der Waals surface area contributed by atoms with E-state index in [1.807, 2.05) is 0 Å². The fourth-order valence-corrected chi connectivity index (χ4v) is 3.17. The van der Waals surface area contributed by atoms with E-state index in [2.05, 4.69) is 6.92 Å². The Morgan fingerprint density at radius 1 is 0.583 bits per heavy atom. The molecular formula is C20H44BrNO2. The molecule has 0 aliphatic rings. The number of nitrogens with zero attached hydrogens (tertiary/aromatic N) is 1. The first-order chi connectivity index (χ1) is 11.1. The van der Waals surface area contributed by atoms with Gasteiger partial charge in [-0.15, -0.1) is 17.0 Å². The minimum absolute atomic E-state index is 0. The number of unbranched alkanes of at least 4 members (excludes halogenated alkanes) is 13. The second-order valence-corrected chi connectivity index (χ2v) is 7.10. The molecule has 0 aromatic carbocycles. The van der Waals surface area contributed by atoms with Crippen LogP contribution in [0.25, 0.3) is 0 Å². The van der Waals surface area contributed by atoms with Gasteiger partial charge in [0.25, 0.3) is 0 Å². The molecule has 3 nitrogen and oxygen atoms in total. The largest absolute Gasteiger partial charge is 0.379 e. The summed E-state index contributed by atoms with van der Waals surface area (Å²) in [5.74, 6) is 0. The molecular weight excluding hydrogens is 366 g/mol. The fourth-order valence-electron chi connectivity index (χ4n) is 3.17. The molecule has 0 heterocycles. The van der Waals surface area contributed by atoms with Crippen LogP contribution in [0.1, 0.15) is 111 Å². The van der Waals surface area contributed by atoms with Crippen LogP contribution < -0.4 is 0 Å². The molecule has 0 radical (unpaired) electrons. The van der Waals surface area contributed by atoms with Crippen molar-refractivity contribution in [1.82, 2.24) is 4.90 Å². The summed E-state index contributed by atoms with van der Waals surface area (Å²) in [5, 5.41) is 19.1. The zero-order valence-corrected chi connectivity index (χ0v) is 18.2. The quantitative estimate of drug-likeness (QED) is 0.227. The Morgan fingerprint density at radius 3 is 1.17 bits per heavy atom. The van der Waals surface area contributed by atoms with Crippen molar-refractivity contribution in [2.24, 2.45) is 0 Å². The maximum absolute atomic E-state index is 9.55. The van der Waals surface area contributed by atoms with Crippen LogP contribution in [0, 0.1) is 0 Å². The van der Waals surface area contributed by atoms with E-state index in [-0.39, 0.29) is 17.0 Å². The third kappa shape index (κ3) is 17.2. The SMILES string of the molecule is Br.CCCCCCCCCCCCCCCCN(C(C)O)C(C)O. The highest BCUT2D eigenvalue weighted by Gasteiger charge is 2.14. The molecule has 148 valence electrons. The number of hydrogen-bond acceptors (Lipinski definition) is 3. The number of halogens is 1. The van der Waals surface area contributed by atoms with E-state index in [0.717, 1.165) is 13.0 Å². The summed E-state index contributed by atoms with van der Waals surface area (Å²) >= 11 is 0. The Kier molecular flexibility index (Phi) is 21.8. The van der Waals surface area contributed by atoms with E-state index in [0.29, 0.717) is 0 Å². The smallest absolute Gasteiger partial charge is 0.106 e. The van der Waals surface area contributed by atoms with Gasteiger partial charge in [-0.25, -0.2) is 0 Å². The van der Waals surface area contributed by atoms with Gasteiger partial charge in [0.15, 0.2) is 0 Å². The molecule has 2 N–H and O–H groups in total. The summed E-state index contributed by atoms with van der Waals surface area (Å²) in [7, 11) is 0. The molecule has 0 amide bonds. The van der Waals surface area contributed by atoms with Crippen molar-refractivity contribution < 1.29 is 10.2 Å². The normalized spacial score (nSPS) is 13.8. The van der Waals surface area contributed by atoms with Crippen LogP contribution >= 0.6 is 17.0 Å². The van der Waals surface area contributed by atoms with Gasteiger partial charge in [-0.3, -0.25) is 4.90 Å². The molecule has 0 rings (SSSR count). The topological polar surface area (TPSA) is 43.7 Å². The maximum atomic E-state index is 9.55. The Balaban J connectivity index is 0. The van der Waals surface area contributed by atoms with Crippen molar-refractivity contribution in [3.8, 4) is 0 Å². The molecule has 0 spiro atoms. The van der Waals surface area contributed by atoms with Crippen LogP contribution in [0.2, 0.25) is 0 Å². The molecule has 0 saturated heterocycles. The first-order valence-corrected chi connectivity index (χ1v) is 10.2. The third-order valence-electron chi connectivity index (χ3n) is 4.73. The molecule has 0 aromatic rings. The maximum Gasteiger partial charge on any atom is 0.106 e. The molecule has 24 heavy (non-hydrogen) atoms. The minimum Gasteiger partial charge on any atom is -0.379 e. The Hall–Kier alpha value is 0.360. The summed E-state index contributed by atoms with van der Waals surface area (Å²) in [4.78, 5) is 1.74. The van der Waals surface area contributed by atoms with Gasteiger partial charge >= 0.3 is 0 Å². The first-order valence-electron chi connectivity index (χ1n) is 10.2. The third-order valence-corrected chi connectivity index (χ3v) is 4.73. The molecule has 0 bridgehead atoms. The van der Waals surface area contributed by atoms with Crippen LogP contribution in [-0.2, 0) is 0 Å². The highest BCUT2D eigenvalue weighted by molar-refractivity contribution is 8.93. The second-order valence-electron chi connectivity index (χ2n) is 7.10. The van der Waals surface area contributed by atoms with Crippen LogP contribution in [0.5, 0.6) is 0 Å². The molecule has 2 atom stereocenters. The zero-order chi connectivity index (χ0) is 17.3. The second kappa shape index (κ2) is 19.7. The van der Waals surface area contributed by atoms with E-state index >= 15 is 0 Å². The van der Waals surface area contributed by atoms with E-state index in [1.54, 1.807) is 18.7 Å². The average molecular weight is 410 g/mol. The standard InChI is InChI=1S/C20H43NO2.BrH/c1-4-5-6-7-8-9-10-11-12-13-14-15-16-17-18-21(19(2)22)20(3)23;/h19-20,22-23H,4-18H2,1-3H3;1H. The summed E-state index contributed by atoms with van der Waals surface area (Å²) in [5.41, 5.74) is 0. The molecule has 2 unspecified atom stereocenters. The van der Waals surface area contributed by atoms with Gasteiger partial charge in [0.2, 0.25) is 0 Å². The Morgan fingerprint density at radius 2 is 0.875 bits per heavy atom. The van der Waals surface area contributed by atoms with Gasteiger partial charge in [0.1, 0.15) is 12.5 Å². The van der Waals surface area contributed by atoms with Crippen LogP contribution in [-0.4, -0.2) is 34.1 Å². The van der Waals surface area contributed by atoms with Crippen molar-refractivity contribution in [3.05, 3.63) is 0 Å².